The first-order valence-corrected chi connectivity index (χ1v) is 5.90. The molecule has 0 aromatic carbocycles. The van der Waals surface area contributed by atoms with E-state index in [1.807, 2.05) is 20.8 Å². The van der Waals surface area contributed by atoms with Gasteiger partial charge in [-0.15, -0.1) is 0 Å². The molecular formula is C12H24N2O3. The Morgan fingerprint density at radius 2 is 1.82 bits per heavy atom. The Kier molecular flexibility index (Phi) is 5.45. The monoisotopic (exact) mass is 244 g/mol. The van der Waals surface area contributed by atoms with Crippen molar-refractivity contribution in [3.63, 3.8) is 0 Å². The molecule has 0 saturated heterocycles. The molecule has 0 saturated carbocycles. The lowest BCUT2D eigenvalue weighted by molar-refractivity contribution is -0.140. The molecule has 0 spiro atoms. The summed E-state index contributed by atoms with van der Waals surface area (Å²) in [7, 11) is 1.68. The number of hydrogen-bond acceptors (Lipinski definition) is 2. The van der Waals surface area contributed by atoms with Gasteiger partial charge < -0.3 is 15.3 Å². The Labute approximate surface area is 103 Å². The number of carboxylic acid groups (broad SMARTS) is 1. The van der Waals surface area contributed by atoms with Crippen molar-refractivity contribution in [1.29, 1.82) is 0 Å². The number of amides is 2. The first kappa shape index (κ1) is 15.7. The first-order valence-electron chi connectivity index (χ1n) is 5.90. The van der Waals surface area contributed by atoms with Gasteiger partial charge in [0.2, 0.25) is 0 Å². The second-order valence-corrected chi connectivity index (χ2v) is 5.23. The summed E-state index contributed by atoms with van der Waals surface area (Å²) in [6.07, 6.45) is 0.802. The Hall–Kier alpha value is -1.26. The van der Waals surface area contributed by atoms with Gasteiger partial charge in [0.05, 0.1) is 0 Å². The third-order valence-corrected chi connectivity index (χ3v) is 3.29. The molecule has 5 nitrogen and oxygen atoms in total. The lowest BCUT2D eigenvalue weighted by Gasteiger charge is -2.35. The third kappa shape index (κ3) is 4.24. The summed E-state index contributed by atoms with van der Waals surface area (Å²) in [5.74, 6) is -1.15. The average molecular weight is 244 g/mol. The van der Waals surface area contributed by atoms with Crippen LogP contribution in [0.1, 0.15) is 41.0 Å². The predicted octanol–water partition coefficient (Wildman–Crippen LogP) is 1.93. The third-order valence-electron chi connectivity index (χ3n) is 3.29. The zero-order valence-electron chi connectivity index (χ0n) is 11.6. The molecule has 0 bridgehead atoms. The molecule has 0 aliphatic carbocycles. The van der Waals surface area contributed by atoms with Gasteiger partial charge in [0.1, 0.15) is 6.04 Å². The van der Waals surface area contributed by atoms with Crippen LogP contribution in [0.4, 0.5) is 4.79 Å². The lowest BCUT2D eigenvalue weighted by Crippen LogP contribution is -2.54. The summed E-state index contributed by atoms with van der Waals surface area (Å²) in [6, 6.07) is -1.20. The van der Waals surface area contributed by atoms with E-state index >= 15 is 0 Å². The summed E-state index contributed by atoms with van der Waals surface area (Å²) in [5.41, 5.74) is -0.288. The van der Waals surface area contributed by atoms with Gasteiger partial charge in [-0.25, -0.2) is 9.59 Å². The number of carbonyl (C=O) groups excluding carboxylic acids is 1. The van der Waals surface area contributed by atoms with Crippen molar-refractivity contribution in [1.82, 2.24) is 10.2 Å². The minimum Gasteiger partial charge on any atom is -0.480 e. The number of hydrogen-bond donors (Lipinski definition) is 2. The van der Waals surface area contributed by atoms with Crippen molar-refractivity contribution in [3.05, 3.63) is 0 Å². The van der Waals surface area contributed by atoms with Gasteiger partial charge >= 0.3 is 12.0 Å². The molecule has 0 rings (SSSR count). The topological polar surface area (TPSA) is 69.6 Å². The maximum absolute atomic E-state index is 11.9. The zero-order chi connectivity index (χ0) is 13.8. The largest absolute Gasteiger partial charge is 0.480 e. The molecule has 0 fully saturated rings. The number of urea groups is 1. The molecule has 0 aliphatic heterocycles. The van der Waals surface area contributed by atoms with E-state index in [1.54, 1.807) is 25.8 Å². The zero-order valence-corrected chi connectivity index (χ0v) is 11.6. The van der Waals surface area contributed by atoms with E-state index in [-0.39, 0.29) is 17.5 Å². The van der Waals surface area contributed by atoms with Crippen LogP contribution >= 0.6 is 0 Å². The van der Waals surface area contributed by atoms with E-state index in [4.69, 9.17) is 5.11 Å². The molecule has 1 atom stereocenters. The molecule has 2 N–H and O–H groups in total. The van der Waals surface area contributed by atoms with Gasteiger partial charge in [0, 0.05) is 12.6 Å². The standard InChI is InChI=1S/C12H24N2O3/c1-7-12(4,5)14(6)11(17)13-9(8(2)3)10(15)16/h8-9H,7H2,1-6H3,(H,13,17)(H,15,16)/t9-/m1/s1. The molecule has 5 heteroatoms. The summed E-state index contributed by atoms with van der Waals surface area (Å²) in [6.45, 7) is 9.41. The van der Waals surface area contributed by atoms with E-state index in [2.05, 4.69) is 5.32 Å². The normalized spacial score (nSPS) is 13.4. The number of rotatable bonds is 5. The maximum Gasteiger partial charge on any atom is 0.326 e. The van der Waals surface area contributed by atoms with Gasteiger partial charge in [-0.3, -0.25) is 0 Å². The Balaban J connectivity index is 4.68. The Morgan fingerprint density at radius 1 is 1.35 bits per heavy atom. The van der Waals surface area contributed by atoms with E-state index in [1.165, 1.54) is 0 Å². The van der Waals surface area contributed by atoms with Crippen LogP contribution in [0, 0.1) is 5.92 Å². The highest BCUT2D eigenvalue weighted by Gasteiger charge is 2.30. The smallest absolute Gasteiger partial charge is 0.326 e. The first-order chi connectivity index (χ1) is 7.63. The van der Waals surface area contributed by atoms with Crippen LogP contribution in [0.3, 0.4) is 0 Å². The van der Waals surface area contributed by atoms with Crippen LogP contribution in [0.5, 0.6) is 0 Å². The molecular weight excluding hydrogens is 220 g/mol. The Morgan fingerprint density at radius 3 is 2.12 bits per heavy atom. The van der Waals surface area contributed by atoms with Crippen LogP contribution in [0.2, 0.25) is 0 Å². The van der Waals surface area contributed by atoms with Crippen molar-refractivity contribution >= 4 is 12.0 Å². The van der Waals surface area contributed by atoms with E-state index in [0.717, 1.165) is 6.42 Å². The van der Waals surface area contributed by atoms with E-state index in [9.17, 15) is 9.59 Å². The minimum absolute atomic E-state index is 0.144. The highest BCUT2D eigenvalue weighted by Crippen LogP contribution is 2.16. The number of nitrogens with zero attached hydrogens (tertiary/aromatic N) is 1. The quantitative estimate of drug-likeness (QED) is 0.776. The van der Waals surface area contributed by atoms with Crippen molar-refractivity contribution < 1.29 is 14.7 Å². The SMILES string of the molecule is CCC(C)(C)N(C)C(=O)N[C@@H](C(=O)O)C(C)C. The van der Waals surface area contributed by atoms with E-state index in [0.29, 0.717) is 0 Å². The molecule has 0 unspecified atom stereocenters. The second kappa shape index (κ2) is 5.89. The van der Waals surface area contributed by atoms with E-state index < -0.39 is 12.0 Å². The summed E-state index contributed by atoms with van der Waals surface area (Å²) >= 11 is 0. The molecule has 0 radical (unpaired) electrons. The highest BCUT2D eigenvalue weighted by molar-refractivity contribution is 5.83. The number of carbonyl (C=O) groups is 2. The van der Waals surface area contributed by atoms with Crippen LogP contribution in [-0.2, 0) is 4.79 Å². The van der Waals surface area contributed by atoms with Crippen molar-refractivity contribution in [3.8, 4) is 0 Å². The molecule has 0 heterocycles. The minimum atomic E-state index is -1.00. The highest BCUT2D eigenvalue weighted by atomic mass is 16.4. The van der Waals surface area contributed by atoms with Crippen molar-refractivity contribution in [2.75, 3.05) is 7.05 Å². The van der Waals surface area contributed by atoms with Gasteiger partial charge in [0.25, 0.3) is 0 Å². The number of nitrogens with one attached hydrogen (secondary N) is 1. The van der Waals surface area contributed by atoms with Crippen LogP contribution in [-0.4, -0.2) is 40.6 Å². The summed E-state index contributed by atoms with van der Waals surface area (Å²) < 4.78 is 0. The predicted molar refractivity (Wildman–Crippen MR) is 66.9 cm³/mol. The van der Waals surface area contributed by atoms with Crippen molar-refractivity contribution in [2.24, 2.45) is 5.92 Å². The van der Waals surface area contributed by atoms with Crippen molar-refractivity contribution in [2.45, 2.75) is 52.6 Å². The van der Waals surface area contributed by atoms with Crippen LogP contribution in [0.25, 0.3) is 0 Å². The fourth-order valence-corrected chi connectivity index (χ4v) is 1.26. The second-order valence-electron chi connectivity index (χ2n) is 5.23. The van der Waals surface area contributed by atoms with Gasteiger partial charge in [0.15, 0.2) is 0 Å². The molecule has 17 heavy (non-hydrogen) atoms. The number of carboxylic acids is 1. The molecule has 0 aromatic rings. The lowest BCUT2D eigenvalue weighted by atomic mass is 10.00. The fraction of sp³-hybridized carbons (Fsp3) is 0.833. The van der Waals surface area contributed by atoms with Crippen LogP contribution in [0.15, 0.2) is 0 Å². The maximum atomic E-state index is 11.9. The van der Waals surface area contributed by atoms with Gasteiger partial charge in [-0.1, -0.05) is 20.8 Å². The molecule has 0 aromatic heterocycles. The van der Waals surface area contributed by atoms with Gasteiger partial charge in [-0.05, 0) is 26.2 Å². The van der Waals surface area contributed by atoms with Crippen LogP contribution < -0.4 is 5.32 Å². The molecule has 0 aliphatic rings. The van der Waals surface area contributed by atoms with Gasteiger partial charge in [-0.2, -0.15) is 0 Å². The summed E-state index contributed by atoms with van der Waals surface area (Å²) in [5, 5.41) is 11.5. The molecule has 2 amide bonds. The fourth-order valence-electron chi connectivity index (χ4n) is 1.26. The Bertz CT molecular complexity index is 287. The average Bonchev–Trinajstić information content (AvgIpc) is 2.23. The number of aliphatic carboxylic acids is 1. The molecule has 100 valence electrons. The summed E-state index contributed by atoms with van der Waals surface area (Å²) in [4.78, 5) is 24.5.